The van der Waals surface area contributed by atoms with Crippen LogP contribution in [-0.4, -0.2) is 23.9 Å². The van der Waals surface area contributed by atoms with Gasteiger partial charge in [-0.1, -0.05) is 13.8 Å². The van der Waals surface area contributed by atoms with Crippen molar-refractivity contribution < 1.29 is 9.84 Å². The van der Waals surface area contributed by atoms with Gasteiger partial charge in [-0.3, -0.25) is 0 Å². The summed E-state index contributed by atoms with van der Waals surface area (Å²) in [7, 11) is 1.64. The third-order valence-corrected chi connectivity index (χ3v) is 2.06. The number of hydrogen-bond donors (Lipinski definition) is 1. The summed E-state index contributed by atoms with van der Waals surface area (Å²) in [4.78, 5) is 0. The molecule has 0 aliphatic carbocycles. The van der Waals surface area contributed by atoms with Crippen molar-refractivity contribution >= 4 is 0 Å². The molecule has 10 heavy (non-hydrogen) atoms. The predicted molar refractivity (Wildman–Crippen MR) is 42.0 cm³/mol. The molecule has 0 saturated heterocycles. The highest BCUT2D eigenvalue weighted by atomic mass is 16.5. The van der Waals surface area contributed by atoms with Crippen molar-refractivity contribution in [2.24, 2.45) is 0 Å². The highest BCUT2D eigenvalue weighted by Crippen LogP contribution is 2.18. The van der Waals surface area contributed by atoms with Crippen molar-refractivity contribution in [2.45, 2.75) is 45.3 Å². The van der Waals surface area contributed by atoms with Crippen LogP contribution in [0.1, 0.15) is 33.6 Å². The standard InChI is InChI=1S/C8H18O2/c1-5-7(10-4)8(3,9)6-2/h7,9H,5-6H2,1-4H3/t7-,8?/m1/s1. The van der Waals surface area contributed by atoms with Crippen LogP contribution in [0.25, 0.3) is 0 Å². The zero-order valence-electron chi connectivity index (χ0n) is 7.35. The second-order valence-electron chi connectivity index (χ2n) is 2.84. The predicted octanol–water partition coefficient (Wildman–Crippen LogP) is 1.57. The van der Waals surface area contributed by atoms with E-state index in [1.165, 1.54) is 0 Å². The molecular weight excluding hydrogens is 128 g/mol. The van der Waals surface area contributed by atoms with Crippen molar-refractivity contribution in [3.63, 3.8) is 0 Å². The molecule has 0 aliphatic rings. The van der Waals surface area contributed by atoms with Gasteiger partial charge in [-0.15, -0.1) is 0 Å². The first kappa shape index (κ1) is 9.92. The van der Waals surface area contributed by atoms with Crippen LogP contribution in [0.3, 0.4) is 0 Å². The Morgan fingerprint density at radius 1 is 1.50 bits per heavy atom. The number of hydrogen-bond acceptors (Lipinski definition) is 2. The van der Waals surface area contributed by atoms with Crippen molar-refractivity contribution in [3.8, 4) is 0 Å². The molecule has 0 aliphatic heterocycles. The third kappa shape index (κ3) is 2.27. The fraction of sp³-hybridized carbons (Fsp3) is 1.00. The molecule has 0 amide bonds. The zero-order chi connectivity index (χ0) is 8.20. The Labute approximate surface area is 63.2 Å². The first-order valence-corrected chi connectivity index (χ1v) is 3.83. The number of rotatable bonds is 4. The Kier molecular flexibility index (Phi) is 3.91. The first-order chi connectivity index (χ1) is 4.58. The maximum atomic E-state index is 9.66. The number of aliphatic hydroxyl groups is 1. The molecule has 0 heterocycles. The Bertz CT molecular complexity index is 85.3. The molecule has 2 heteroatoms. The summed E-state index contributed by atoms with van der Waals surface area (Å²) in [5, 5.41) is 9.66. The summed E-state index contributed by atoms with van der Waals surface area (Å²) in [6.45, 7) is 5.78. The monoisotopic (exact) mass is 146 g/mol. The summed E-state index contributed by atoms with van der Waals surface area (Å²) in [6.07, 6.45) is 1.56. The minimum atomic E-state index is -0.663. The average molecular weight is 146 g/mol. The van der Waals surface area contributed by atoms with Crippen LogP contribution in [0, 0.1) is 0 Å². The molecule has 0 radical (unpaired) electrons. The molecule has 0 saturated carbocycles. The molecule has 1 N–H and O–H groups in total. The molecule has 0 rings (SSSR count). The highest BCUT2D eigenvalue weighted by molar-refractivity contribution is 4.79. The quantitative estimate of drug-likeness (QED) is 0.652. The SMILES string of the molecule is CC[C@@H](OC)C(C)(O)CC. The van der Waals surface area contributed by atoms with Crippen LogP contribution in [0.15, 0.2) is 0 Å². The van der Waals surface area contributed by atoms with Gasteiger partial charge in [0, 0.05) is 7.11 Å². The molecular formula is C8H18O2. The van der Waals surface area contributed by atoms with E-state index in [9.17, 15) is 5.11 Å². The second-order valence-corrected chi connectivity index (χ2v) is 2.84. The van der Waals surface area contributed by atoms with Crippen LogP contribution >= 0.6 is 0 Å². The van der Waals surface area contributed by atoms with E-state index in [0.29, 0.717) is 0 Å². The molecule has 2 atom stereocenters. The number of methoxy groups -OCH3 is 1. The van der Waals surface area contributed by atoms with Gasteiger partial charge in [-0.05, 0) is 19.8 Å². The van der Waals surface area contributed by atoms with Gasteiger partial charge in [0.15, 0.2) is 0 Å². The Balaban J connectivity index is 3.97. The molecule has 0 aromatic rings. The lowest BCUT2D eigenvalue weighted by Gasteiger charge is -2.29. The normalized spacial score (nSPS) is 20.1. The topological polar surface area (TPSA) is 29.5 Å². The molecule has 2 nitrogen and oxygen atoms in total. The molecule has 0 spiro atoms. The summed E-state index contributed by atoms with van der Waals surface area (Å²) < 4.78 is 5.11. The summed E-state index contributed by atoms with van der Waals surface area (Å²) in [5.41, 5.74) is -0.663. The van der Waals surface area contributed by atoms with Crippen molar-refractivity contribution in [1.82, 2.24) is 0 Å². The molecule has 62 valence electrons. The van der Waals surface area contributed by atoms with Gasteiger partial charge in [0.2, 0.25) is 0 Å². The summed E-state index contributed by atoms with van der Waals surface area (Å²) in [5.74, 6) is 0. The lowest BCUT2D eigenvalue weighted by molar-refractivity contribution is -0.0846. The van der Waals surface area contributed by atoms with E-state index in [1.807, 2.05) is 20.8 Å². The highest BCUT2D eigenvalue weighted by Gasteiger charge is 2.27. The van der Waals surface area contributed by atoms with E-state index in [1.54, 1.807) is 7.11 Å². The van der Waals surface area contributed by atoms with Crippen LogP contribution in [0.2, 0.25) is 0 Å². The van der Waals surface area contributed by atoms with Crippen LogP contribution in [0.4, 0.5) is 0 Å². The fourth-order valence-corrected chi connectivity index (χ4v) is 1.09. The number of ether oxygens (including phenoxy) is 1. The lowest BCUT2D eigenvalue weighted by Crippen LogP contribution is -2.39. The smallest absolute Gasteiger partial charge is 0.0877 e. The lowest BCUT2D eigenvalue weighted by atomic mass is 9.94. The third-order valence-electron chi connectivity index (χ3n) is 2.06. The largest absolute Gasteiger partial charge is 0.387 e. The molecule has 0 bridgehead atoms. The van der Waals surface area contributed by atoms with E-state index >= 15 is 0 Å². The van der Waals surface area contributed by atoms with Crippen molar-refractivity contribution in [1.29, 1.82) is 0 Å². The average Bonchev–Trinajstić information content (AvgIpc) is 1.90. The minimum absolute atomic E-state index is 0.0301. The summed E-state index contributed by atoms with van der Waals surface area (Å²) in [6, 6.07) is 0. The van der Waals surface area contributed by atoms with E-state index < -0.39 is 5.60 Å². The van der Waals surface area contributed by atoms with Crippen molar-refractivity contribution in [3.05, 3.63) is 0 Å². The fourth-order valence-electron chi connectivity index (χ4n) is 1.09. The summed E-state index contributed by atoms with van der Waals surface area (Å²) >= 11 is 0. The van der Waals surface area contributed by atoms with Gasteiger partial charge in [0.05, 0.1) is 11.7 Å². The Morgan fingerprint density at radius 3 is 2.10 bits per heavy atom. The van der Waals surface area contributed by atoms with E-state index in [-0.39, 0.29) is 6.10 Å². The zero-order valence-corrected chi connectivity index (χ0v) is 7.35. The second kappa shape index (κ2) is 3.94. The van der Waals surface area contributed by atoms with Gasteiger partial charge in [0.1, 0.15) is 0 Å². The van der Waals surface area contributed by atoms with Crippen molar-refractivity contribution in [2.75, 3.05) is 7.11 Å². The van der Waals surface area contributed by atoms with Crippen LogP contribution in [-0.2, 0) is 4.74 Å². The van der Waals surface area contributed by atoms with Crippen LogP contribution < -0.4 is 0 Å². The molecule has 0 aromatic heterocycles. The molecule has 1 unspecified atom stereocenters. The van der Waals surface area contributed by atoms with Gasteiger partial charge < -0.3 is 9.84 Å². The van der Waals surface area contributed by atoms with Gasteiger partial charge in [-0.2, -0.15) is 0 Å². The van der Waals surface area contributed by atoms with Gasteiger partial charge >= 0.3 is 0 Å². The maximum Gasteiger partial charge on any atom is 0.0877 e. The van der Waals surface area contributed by atoms with E-state index in [0.717, 1.165) is 12.8 Å². The maximum absolute atomic E-state index is 9.66. The van der Waals surface area contributed by atoms with Gasteiger partial charge in [-0.25, -0.2) is 0 Å². The van der Waals surface area contributed by atoms with Gasteiger partial charge in [0.25, 0.3) is 0 Å². The first-order valence-electron chi connectivity index (χ1n) is 3.83. The molecule has 0 fully saturated rings. The Morgan fingerprint density at radius 2 is 2.00 bits per heavy atom. The van der Waals surface area contributed by atoms with Crippen LogP contribution in [0.5, 0.6) is 0 Å². The van der Waals surface area contributed by atoms with E-state index in [4.69, 9.17) is 4.74 Å². The molecule has 0 aromatic carbocycles. The van der Waals surface area contributed by atoms with E-state index in [2.05, 4.69) is 0 Å². The Hall–Kier alpha value is -0.0800. The minimum Gasteiger partial charge on any atom is -0.387 e.